The fourth-order valence-electron chi connectivity index (χ4n) is 1.36. The van der Waals surface area contributed by atoms with E-state index in [-0.39, 0.29) is 12.1 Å². The molecule has 6 heteroatoms. The second kappa shape index (κ2) is 5.05. The van der Waals surface area contributed by atoms with Crippen LogP contribution in [0.15, 0.2) is 28.7 Å². The summed E-state index contributed by atoms with van der Waals surface area (Å²) in [7, 11) is 0. The topological polar surface area (TPSA) is 74.2 Å². The number of nitrogens with two attached hydrogens (primary N) is 1. The Morgan fingerprint density at radius 1 is 1.35 bits per heavy atom. The normalized spacial score (nSPS) is 12.4. The highest BCUT2D eigenvalue weighted by atomic mass is 35.5. The van der Waals surface area contributed by atoms with Crippen molar-refractivity contribution in [1.29, 1.82) is 0 Å². The molecule has 0 fully saturated rings. The number of hydrogen-bond donors (Lipinski definition) is 1. The van der Waals surface area contributed by atoms with E-state index in [1.54, 1.807) is 24.3 Å². The molecule has 5 nitrogen and oxygen atoms in total. The van der Waals surface area contributed by atoms with Gasteiger partial charge in [-0.3, -0.25) is 0 Å². The highest BCUT2D eigenvalue weighted by molar-refractivity contribution is 6.30. The van der Waals surface area contributed by atoms with Gasteiger partial charge in [0.05, 0.1) is 0 Å². The zero-order valence-corrected chi connectivity index (χ0v) is 10.0. The van der Waals surface area contributed by atoms with Crippen molar-refractivity contribution in [2.24, 2.45) is 0 Å². The Morgan fingerprint density at radius 3 is 2.59 bits per heavy atom. The minimum Gasteiger partial charge on any atom is -0.481 e. The van der Waals surface area contributed by atoms with Gasteiger partial charge in [0.2, 0.25) is 0 Å². The first kappa shape index (κ1) is 11.7. The standard InChI is InChI=1S/C11H12ClN3O2/c1-2-9(10-14-15-11(13)17-10)16-8-5-3-7(12)4-6-8/h3-6,9H,2H2,1H3,(H2,13,15). The van der Waals surface area contributed by atoms with Gasteiger partial charge in [0.1, 0.15) is 5.75 Å². The van der Waals surface area contributed by atoms with Crippen molar-refractivity contribution in [3.8, 4) is 5.75 Å². The zero-order chi connectivity index (χ0) is 12.3. The molecule has 2 N–H and O–H groups in total. The minimum absolute atomic E-state index is 0.0400. The molecule has 1 aromatic heterocycles. The molecule has 1 unspecified atom stereocenters. The van der Waals surface area contributed by atoms with Gasteiger partial charge in [-0.1, -0.05) is 23.6 Å². The van der Waals surface area contributed by atoms with Gasteiger partial charge < -0.3 is 14.9 Å². The fraction of sp³-hybridized carbons (Fsp3) is 0.273. The number of anilines is 1. The maximum Gasteiger partial charge on any atom is 0.312 e. The molecule has 0 aliphatic carbocycles. The summed E-state index contributed by atoms with van der Waals surface area (Å²) in [4.78, 5) is 0. The van der Waals surface area contributed by atoms with Gasteiger partial charge in [0, 0.05) is 5.02 Å². The third-order valence-corrected chi connectivity index (χ3v) is 2.45. The molecule has 0 saturated heterocycles. The molecule has 0 bridgehead atoms. The second-order valence-electron chi connectivity index (χ2n) is 3.45. The molecule has 1 heterocycles. The van der Waals surface area contributed by atoms with Crippen LogP contribution >= 0.6 is 11.6 Å². The molecule has 2 rings (SSSR count). The zero-order valence-electron chi connectivity index (χ0n) is 9.26. The number of benzene rings is 1. The molecule has 17 heavy (non-hydrogen) atoms. The lowest BCUT2D eigenvalue weighted by Gasteiger charge is -2.13. The smallest absolute Gasteiger partial charge is 0.312 e. The Kier molecular flexibility index (Phi) is 3.49. The number of rotatable bonds is 4. The first-order valence-corrected chi connectivity index (χ1v) is 5.58. The lowest BCUT2D eigenvalue weighted by Crippen LogP contribution is -2.06. The van der Waals surface area contributed by atoms with Crippen LogP contribution in [0.4, 0.5) is 6.01 Å². The molecule has 1 atom stereocenters. The fourth-order valence-corrected chi connectivity index (χ4v) is 1.49. The number of hydrogen-bond acceptors (Lipinski definition) is 5. The summed E-state index contributed by atoms with van der Waals surface area (Å²) < 4.78 is 10.8. The molecular formula is C11H12ClN3O2. The van der Waals surface area contributed by atoms with Gasteiger partial charge >= 0.3 is 6.01 Å². The van der Waals surface area contributed by atoms with Crippen molar-refractivity contribution in [3.63, 3.8) is 0 Å². The molecule has 0 saturated carbocycles. The minimum atomic E-state index is -0.305. The predicted octanol–water partition coefficient (Wildman–Crippen LogP) is 2.84. The van der Waals surface area contributed by atoms with Crippen LogP contribution < -0.4 is 10.5 Å². The van der Waals surface area contributed by atoms with E-state index in [9.17, 15) is 0 Å². The van der Waals surface area contributed by atoms with E-state index in [2.05, 4.69) is 10.2 Å². The Labute approximate surface area is 104 Å². The number of aromatic nitrogens is 2. The summed E-state index contributed by atoms with van der Waals surface area (Å²) in [6.07, 6.45) is 0.394. The Bertz CT molecular complexity index is 484. The quantitative estimate of drug-likeness (QED) is 0.907. The maximum absolute atomic E-state index is 5.79. The molecule has 0 radical (unpaired) electrons. The summed E-state index contributed by atoms with van der Waals surface area (Å²) in [6, 6.07) is 7.12. The van der Waals surface area contributed by atoms with Crippen molar-refractivity contribution in [1.82, 2.24) is 10.2 Å². The molecule has 90 valence electrons. The Hall–Kier alpha value is -1.75. The van der Waals surface area contributed by atoms with Crippen LogP contribution in [0.25, 0.3) is 0 Å². The third-order valence-electron chi connectivity index (χ3n) is 2.19. The van der Waals surface area contributed by atoms with Gasteiger partial charge in [-0.2, -0.15) is 0 Å². The Morgan fingerprint density at radius 2 is 2.06 bits per heavy atom. The number of nitrogen functional groups attached to an aromatic ring is 1. The number of nitrogens with zero attached hydrogens (tertiary/aromatic N) is 2. The van der Waals surface area contributed by atoms with Gasteiger partial charge in [-0.15, -0.1) is 5.10 Å². The summed E-state index contributed by atoms with van der Waals surface area (Å²) in [5, 5.41) is 8.07. The van der Waals surface area contributed by atoms with Crippen LogP contribution in [0, 0.1) is 0 Å². The van der Waals surface area contributed by atoms with Crippen LogP contribution in [0.3, 0.4) is 0 Å². The first-order valence-electron chi connectivity index (χ1n) is 5.20. The van der Waals surface area contributed by atoms with Crippen molar-refractivity contribution in [2.75, 3.05) is 5.73 Å². The molecular weight excluding hydrogens is 242 g/mol. The highest BCUT2D eigenvalue weighted by Gasteiger charge is 2.18. The summed E-state index contributed by atoms with van der Waals surface area (Å²) in [5.41, 5.74) is 5.37. The Balaban J connectivity index is 2.12. The monoisotopic (exact) mass is 253 g/mol. The average molecular weight is 254 g/mol. The van der Waals surface area contributed by atoms with Crippen LogP contribution in [0.5, 0.6) is 5.75 Å². The number of ether oxygens (including phenoxy) is 1. The van der Waals surface area contributed by atoms with Crippen LogP contribution in [-0.4, -0.2) is 10.2 Å². The van der Waals surface area contributed by atoms with E-state index in [0.29, 0.717) is 23.1 Å². The average Bonchev–Trinajstić information content (AvgIpc) is 2.75. The lowest BCUT2D eigenvalue weighted by molar-refractivity contribution is 0.166. The van der Waals surface area contributed by atoms with E-state index in [4.69, 9.17) is 26.5 Å². The predicted molar refractivity (Wildman–Crippen MR) is 63.8 cm³/mol. The van der Waals surface area contributed by atoms with E-state index in [0.717, 1.165) is 0 Å². The highest BCUT2D eigenvalue weighted by Crippen LogP contribution is 2.25. The maximum atomic E-state index is 5.79. The van der Waals surface area contributed by atoms with Gasteiger partial charge in [0.15, 0.2) is 6.10 Å². The molecule has 1 aromatic carbocycles. The second-order valence-corrected chi connectivity index (χ2v) is 3.88. The SMILES string of the molecule is CCC(Oc1ccc(Cl)cc1)c1nnc(N)o1. The largest absolute Gasteiger partial charge is 0.481 e. The van der Waals surface area contributed by atoms with Gasteiger partial charge in [0.25, 0.3) is 5.89 Å². The van der Waals surface area contributed by atoms with Crippen LogP contribution in [0.1, 0.15) is 25.3 Å². The van der Waals surface area contributed by atoms with E-state index in [1.807, 2.05) is 6.92 Å². The summed E-state index contributed by atoms with van der Waals surface area (Å²) >= 11 is 5.79. The van der Waals surface area contributed by atoms with E-state index >= 15 is 0 Å². The number of halogens is 1. The molecule has 0 aliphatic heterocycles. The van der Waals surface area contributed by atoms with E-state index < -0.39 is 0 Å². The summed E-state index contributed by atoms with van der Waals surface area (Å²) in [5.74, 6) is 1.07. The molecule has 2 aromatic rings. The van der Waals surface area contributed by atoms with Gasteiger partial charge in [-0.25, -0.2) is 0 Å². The van der Waals surface area contributed by atoms with Gasteiger partial charge in [-0.05, 0) is 30.7 Å². The first-order chi connectivity index (χ1) is 8.19. The molecule has 0 amide bonds. The summed E-state index contributed by atoms with van der Waals surface area (Å²) in [6.45, 7) is 1.96. The third kappa shape index (κ3) is 2.88. The van der Waals surface area contributed by atoms with Crippen molar-refractivity contribution in [3.05, 3.63) is 35.2 Å². The van der Waals surface area contributed by atoms with E-state index in [1.165, 1.54) is 0 Å². The molecule has 0 spiro atoms. The van der Waals surface area contributed by atoms with Crippen LogP contribution in [-0.2, 0) is 0 Å². The molecule has 0 aliphatic rings. The van der Waals surface area contributed by atoms with Crippen molar-refractivity contribution < 1.29 is 9.15 Å². The lowest BCUT2D eigenvalue weighted by atomic mass is 10.2. The van der Waals surface area contributed by atoms with Crippen molar-refractivity contribution >= 4 is 17.6 Å². The van der Waals surface area contributed by atoms with Crippen molar-refractivity contribution in [2.45, 2.75) is 19.4 Å². The van der Waals surface area contributed by atoms with Crippen LogP contribution in [0.2, 0.25) is 5.02 Å².